The molecular formula is C25H17NO7. The van der Waals surface area contributed by atoms with E-state index in [2.05, 4.69) is 0 Å². The molecule has 0 fully saturated rings. The average Bonchev–Trinajstić information content (AvgIpc) is 3.11. The molecule has 0 spiro atoms. The van der Waals surface area contributed by atoms with Crippen LogP contribution in [0.5, 0.6) is 17.2 Å². The number of aromatic nitrogens is 1. The van der Waals surface area contributed by atoms with Gasteiger partial charge < -0.3 is 19.7 Å². The second-order valence-electron chi connectivity index (χ2n) is 7.47. The number of carbonyl (C=O) groups excluding carboxylic acids is 1. The third kappa shape index (κ3) is 2.74. The number of ketones is 1. The fourth-order valence-electron chi connectivity index (χ4n) is 4.39. The lowest BCUT2D eigenvalue weighted by Crippen LogP contribution is -2.22. The van der Waals surface area contributed by atoms with E-state index in [0.717, 1.165) is 0 Å². The highest BCUT2D eigenvalue weighted by Crippen LogP contribution is 2.44. The summed E-state index contributed by atoms with van der Waals surface area (Å²) in [5.41, 5.74) is 0.924. The summed E-state index contributed by atoms with van der Waals surface area (Å²) in [6, 6.07) is 14.0. The molecule has 1 aliphatic rings. The molecule has 164 valence electrons. The van der Waals surface area contributed by atoms with Crippen LogP contribution < -0.4 is 15.0 Å². The molecule has 0 unspecified atom stereocenters. The highest BCUT2D eigenvalue weighted by atomic mass is 16.5. The molecule has 1 heterocycles. The Labute approximate surface area is 186 Å². The average molecular weight is 443 g/mol. The summed E-state index contributed by atoms with van der Waals surface area (Å²) in [7, 11) is 2.84. The molecule has 2 N–H and O–H groups in total. The molecular weight excluding hydrogens is 426 g/mol. The molecule has 0 amide bonds. The predicted octanol–water partition coefficient (Wildman–Crippen LogP) is 3.62. The normalized spacial score (nSPS) is 11.9. The second kappa shape index (κ2) is 7.23. The maximum Gasteiger partial charge on any atom is 0.339 e. The third-order valence-corrected chi connectivity index (χ3v) is 5.81. The second-order valence-corrected chi connectivity index (χ2v) is 7.47. The van der Waals surface area contributed by atoms with Crippen LogP contribution in [0.15, 0.2) is 59.4 Å². The van der Waals surface area contributed by atoms with Gasteiger partial charge in [0.2, 0.25) is 0 Å². The summed E-state index contributed by atoms with van der Waals surface area (Å²) in [4.78, 5) is 39.0. The predicted molar refractivity (Wildman–Crippen MR) is 120 cm³/mol. The largest absolute Gasteiger partial charge is 0.507 e. The molecule has 8 nitrogen and oxygen atoms in total. The van der Waals surface area contributed by atoms with Gasteiger partial charge in [0, 0.05) is 16.5 Å². The number of carboxylic acid groups (broad SMARTS) is 1. The number of fused-ring (bicyclic) bond motifs is 5. The van der Waals surface area contributed by atoms with E-state index < -0.39 is 17.3 Å². The van der Waals surface area contributed by atoms with Gasteiger partial charge in [-0.1, -0.05) is 24.3 Å². The van der Waals surface area contributed by atoms with Gasteiger partial charge in [-0.15, -0.1) is 0 Å². The number of methoxy groups -OCH3 is 2. The van der Waals surface area contributed by atoms with E-state index in [4.69, 9.17) is 9.47 Å². The Morgan fingerprint density at radius 1 is 0.939 bits per heavy atom. The van der Waals surface area contributed by atoms with Crippen molar-refractivity contribution in [3.05, 3.63) is 81.6 Å². The van der Waals surface area contributed by atoms with Crippen LogP contribution in [0, 0.1) is 0 Å². The molecule has 3 aromatic carbocycles. The highest BCUT2D eigenvalue weighted by molar-refractivity contribution is 6.27. The van der Waals surface area contributed by atoms with Gasteiger partial charge >= 0.3 is 5.97 Å². The lowest BCUT2D eigenvalue weighted by atomic mass is 10.0. The van der Waals surface area contributed by atoms with Crippen LogP contribution in [0.4, 0.5) is 0 Å². The van der Waals surface area contributed by atoms with Crippen LogP contribution in [0.25, 0.3) is 27.7 Å². The van der Waals surface area contributed by atoms with Crippen molar-refractivity contribution in [2.45, 2.75) is 0 Å². The van der Waals surface area contributed by atoms with Crippen molar-refractivity contribution >= 4 is 22.5 Å². The quantitative estimate of drug-likeness (QED) is 0.436. The number of aromatic hydroxyl groups is 1. The number of pyridine rings is 1. The lowest BCUT2D eigenvalue weighted by molar-refractivity contribution is 0.0693. The lowest BCUT2D eigenvalue weighted by Gasteiger charge is -2.18. The minimum absolute atomic E-state index is 0.127. The number of ether oxygens (including phenoxy) is 2. The van der Waals surface area contributed by atoms with Crippen molar-refractivity contribution in [1.82, 2.24) is 4.57 Å². The SMILES string of the molecule is COc1ccc2c3c(n(-c4ccc(O)c(C(=O)O)c4)c(=O)c2c1OC)-c1ccccc1C3=O. The Hall–Kier alpha value is -4.59. The standard InChI is InChI=1S/C25H17NO7/c1-32-18-10-8-15-19-21(13-5-3-4-6-14(13)22(19)28)26(24(29)20(15)23(18)33-2)12-7-9-17(27)16(11-12)25(30)31/h3-11,27H,1-2H3,(H,30,31). The summed E-state index contributed by atoms with van der Waals surface area (Å²) in [6.07, 6.45) is 0. The first kappa shape index (κ1) is 20.3. The molecule has 33 heavy (non-hydrogen) atoms. The molecule has 5 rings (SSSR count). The van der Waals surface area contributed by atoms with Crippen LogP contribution in [-0.2, 0) is 0 Å². The first-order valence-electron chi connectivity index (χ1n) is 9.93. The fraction of sp³-hybridized carbons (Fsp3) is 0.0800. The van der Waals surface area contributed by atoms with E-state index in [1.165, 1.54) is 37.0 Å². The van der Waals surface area contributed by atoms with Gasteiger partial charge in [0.05, 0.1) is 36.6 Å². The Morgan fingerprint density at radius 2 is 1.67 bits per heavy atom. The maximum absolute atomic E-state index is 13.9. The van der Waals surface area contributed by atoms with E-state index >= 15 is 0 Å². The van der Waals surface area contributed by atoms with Gasteiger partial charge in [-0.3, -0.25) is 14.2 Å². The molecule has 1 aromatic heterocycles. The molecule has 0 atom stereocenters. The number of rotatable bonds is 4. The topological polar surface area (TPSA) is 115 Å². The molecule has 8 heteroatoms. The van der Waals surface area contributed by atoms with Crippen molar-refractivity contribution in [3.63, 3.8) is 0 Å². The molecule has 0 bridgehead atoms. The van der Waals surface area contributed by atoms with Crippen molar-refractivity contribution in [1.29, 1.82) is 0 Å². The zero-order chi connectivity index (χ0) is 23.4. The first-order chi connectivity index (χ1) is 15.9. The number of hydrogen-bond acceptors (Lipinski definition) is 6. The van der Waals surface area contributed by atoms with Crippen LogP contribution in [0.3, 0.4) is 0 Å². The van der Waals surface area contributed by atoms with Gasteiger partial charge in [0.25, 0.3) is 5.56 Å². The Balaban J connectivity index is 2.02. The number of aromatic carboxylic acids is 1. The number of hydrogen-bond donors (Lipinski definition) is 2. The summed E-state index contributed by atoms with van der Waals surface area (Å²) in [5.74, 6) is -1.57. The van der Waals surface area contributed by atoms with Crippen molar-refractivity contribution < 1.29 is 29.3 Å². The maximum atomic E-state index is 13.9. The first-order valence-corrected chi connectivity index (χ1v) is 9.93. The van der Waals surface area contributed by atoms with Crippen LogP contribution >= 0.6 is 0 Å². The zero-order valence-electron chi connectivity index (χ0n) is 17.6. The van der Waals surface area contributed by atoms with Gasteiger partial charge in [0.1, 0.15) is 11.3 Å². The number of nitrogens with zero attached hydrogens (tertiary/aromatic N) is 1. The monoisotopic (exact) mass is 443 g/mol. The van der Waals surface area contributed by atoms with Gasteiger partial charge in [0.15, 0.2) is 17.3 Å². The van der Waals surface area contributed by atoms with Gasteiger partial charge in [-0.05, 0) is 30.3 Å². The van der Waals surface area contributed by atoms with E-state index in [0.29, 0.717) is 33.5 Å². The van der Waals surface area contributed by atoms with E-state index in [9.17, 15) is 24.6 Å². The molecule has 4 aromatic rings. The molecule has 0 aliphatic heterocycles. The van der Waals surface area contributed by atoms with Crippen molar-refractivity contribution in [2.24, 2.45) is 0 Å². The molecule has 0 saturated heterocycles. The summed E-state index contributed by atoms with van der Waals surface area (Å²) >= 11 is 0. The zero-order valence-corrected chi connectivity index (χ0v) is 17.6. The van der Waals surface area contributed by atoms with Gasteiger partial charge in [-0.25, -0.2) is 4.79 Å². The van der Waals surface area contributed by atoms with Crippen LogP contribution in [0.2, 0.25) is 0 Å². The number of phenols is 1. The number of benzene rings is 3. The molecule has 0 radical (unpaired) electrons. The third-order valence-electron chi connectivity index (χ3n) is 5.81. The minimum atomic E-state index is -1.35. The Kier molecular flexibility index (Phi) is 4.45. The van der Waals surface area contributed by atoms with E-state index in [1.54, 1.807) is 36.4 Å². The van der Waals surface area contributed by atoms with Gasteiger partial charge in [-0.2, -0.15) is 0 Å². The Bertz CT molecular complexity index is 1570. The summed E-state index contributed by atoms with van der Waals surface area (Å²) < 4.78 is 12.1. The van der Waals surface area contributed by atoms with Crippen molar-refractivity contribution in [3.8, 4) is 34.2 Å². The summed E-state index contributed by atoms with van der Waals surface area (Å²) in [6.45, 7) is 0. The molecule has 1 aliphatic carbocycles. The van der Waals surface area contributed by atoms with Crippen LogP contribution in [-0.4, -0.2) is 40.8 Å². The smallest absolute Gasteiger partial charge is 0.339 e. The van der Waals surface area contributed by atoms with Crippen molar-refractivity contribution in [2.75, 3.05) is 14.2 Å². The van der Waals surface area contributed by atoms with Crippen LogP contribution in [0.1, 0.15) is 26.3 Å². The highest BCUT2D eigenvalue weighted by Gasteiger charge is 2.34. The number of carbonyl (C=O) groups is 2. The molecule has 0 saturated carbocycles. The minimum Gasteiger partial charge on any atom is -0.507 e. The fourth-order valence-corrected chi connectivity index (χ4v) is 4.39. The summed E-state index contributed by atoms with van der Waals surface area (Å²) in [5, 5.41) is 20.0. The number of carboxylic acids is 1. The van der Waals surface area contributed by atoms with E-state index in [1.807, 2.05) is 0 Å². The van der Waals surface area contributed by atoms with E-state index in [-0.39, 0.29) is 28.2 Å². The Morgan fingerprint density at radius 3 is 2.33 bits per heavy atom.